The molecule has 0 unspecified atom stereocenters. The van der Waals surface area contributed by atoms with E-state index in [1.54, 1.807) is 7.05 Å². The van der Waals surface area contributed by atoms with Gasteiger partial charge in [-0.25, -0.2) is 4.98 Å². The number of aromatic nitrogens is 2. The molecule has 0 atom stereocenters. The SMILES string of the molecule is CN=C(NCc1nc2cccc(Cl)c2n1C)NC1CC1. The van der Waals surface area contributed by atoms with E-state index in [0.717, 1.165) is 27.8 Å². The normalized spacial score (nSPS) is 15.7. The molecule has 0 aliphatic heterocycles. The molecular weight excluding hydrogens is 274 g/mol. The molecule has 1 aromatic carbocycles. The molecule has 2 aromatic rings. The van der Waals surface area contributed by atoms with Gasteiger partial charge in [0.15, 0.2) is 5.96 Å². The molecule has 0 amide bonds. The zero-order valence-corrected chi connectivity index (χ0v) is 12.4. The van der Waals surface area contributed by atoms with Crippen LogP contribution in [0.3, 0.4) is 0 Å². The number of rotatable bonds is 3. The number of nitrogens with one attached hydrogen (secondary N) is 2. The van der Waals surface area contributed by atoms with Crippen molar-refractivity contribution < 1.29 is 0 Å². The highest BCUT2D eigenvalue weighted by atomic mass is 35.5. The molecule has 1 heterocycles. The van der Waals surface area contributed by atoms with Crippen molar-refractivity contribution in [3.63, 3.8) is 0 Å². The molecule has 1 saturated carbocycles. The summed E-state index contributed by atoms with van der Waals surface area (Å²) in [6.07, 6.45) is 2.45. The molecule has 1 aromatic heterocycles. The quantitative estimate of drug-likeness (QED) is 0.672. The van der Waals surface area contributed by atoms with Gasteiger partial charge in [0.25, 0.3) is 0 Å². The van der Waals surface area contributed by atoms with Crippen LogP contribution in [0.4, 0.5) is 0 Å². The average molecular weight is 292 g/mol. The largest absolute Gasteiger partial charge is 0.354 e. The summed E-state index contributed by atoms with van der Waals surface area (Å²) in [5.41, 5.74) is 1.89. The number of halogens is 1. The maximum Gasteiger partial charge on any atom is 0.191 e. The van der Waals surface area contributed by atoms with Crippen molar-refractivity contribution >= 4 is 28.6 Å². The van der Waals surface area contributed by atoms with E-state index in [-0.39, 0.29) is 0 Å². The first kappa shape index (κ1) is 13.2. The number of hydrogen-bond donors (Lipinski definition) is 2. The first-order valence-corrected chi connectivity index (χ1v) is 7.14. The maximum absolute atomic E-state index is 6.23. The lowest BCUT2D eigenvalue weighted by atomic mass is 10.3. The Balaban J connectivity index is 1.77. The zero-order chi connectivity index (χ0) is 14.1. The first-order chi connectivity index (χ1) is 9.69. The van der Waals surface area contributed by atoms with Gasteiger partial charge >= 0.3 is 0 Å². The van der Waals surface area contributed by atoms with Gasteiger partial charge in [-0.05, 0) is 25.0 Å². The van der Waals surface area contributed by atoms with Crippen LogP contribution in [-0.2, 0) is 13.6 Å². The number of guanidine groups is 1. The Morgan fingerprint density at radius 1 is 1.50 bits per heavy atom. The lowest BCUT2D eigenvalue weighted by Crippen LogP contribution is -2.38. The number of aryl methyl sites for hydroxylation is 1. The second kappa shape index (κ2) is 5.32. The Morgan fingerprint density at radius 3 is 2.95 bits per heavy atom. The fourth-order valence-electron chi connectivity index (χ4n) is 2.21. The van der Waals surface area contributed by atoms with E-state index in [1.807, 2.05) is 29.8 Å². The van der Waals surface area contributed by atoms with Crippen molar-refractivity contribution in [3.8, 4) is 0 Å². The minimum atomic E-state index is 0.580. The number of nitrogens with zero attached hydrogens (tertiary/aromatic N) is 3. The standard InChI is InChI=1S/C14H18ClN5/c1-16-14(18-9-6-7-9)17-8-12-19-11-5-3-4-10(15)13(11)20(12)2/h3-5,9H,6-8H2,1-2H3,(H2,16,17,18). The van der Waals surface area contributed by atoms with Gasteiger partial charge < -0.3 is 15.2 Å². The Bertz CT molecular complexity index is 657. The molecule has 1 fully saturated rings. The summed E-state index contributed by atoms with van der Waals surface area (Å²) in [5, 5.41) is 7.37. The molecule has 1 aliphatic carbocycles. The van der Waals surface area contributed by atoms with E-state index >= 15 is 0 Å². The molecule has 106 valence electrons. The third-order valence-corrected chi connectivity index (χ3v) is 3.80. The van der Waals surface area contributed by atoms with Crippen LogP contribution in [0, 0.1) is 0 Å². The summed E-state index contributed by atoms with van der Waals surface area (Å²) in [6.45, 7) is 0.619. The molecule has 20 heavy (non-hydrogen) atoms. The van der Waals surface area contributed by atoms with E-state index in [4.69, 9.17) is 11.6 Å². The summed E-state index contributed by atoms with van der Waals surface area (Å²) in [4.78, 5) is 8.82. The van der Waals surface area contributed by atoms with Gasteiger partial charge in [-0.1, -0.05) is 17.7 Å². The van der Waals surface area contributed by atoms with Gasteiger partial charge in [0, 0.05) is 20.1 Å². The van der Waals surface area contributed by atoms with E-state index in [1.165, 1.54) is 12.8 Å². The van der Waals surface area contributed by atoms with Crippen molar-refractivity contribution in [1.29, 1.82) is 0 Å². The molecule has 0 radical (unpaired) electrons. The smallest absolute Gasteiger partial charge is 0.191 e. The molecule has 0 saturated heterocycles. The maximum atomic E-state index is 6.23. The van der Waals surface area contributed by atoms with E-state index in [9.17, 15) is 0 Å². The number of benzene rings is 1. The van der Waals surface area contributed by atoms with Gasteiger partial charge in [0.1, 0.15) is 5.82 Å². The van der Waals surface area contributed by atoms with Gasteiger partial charge in [-0.3, -0.25) is 4.99 Å². The second-order valence-electron chi connectivity index (χ2n) is 5.04. The van der Waals surface area contributed by atoms with Crippen LogP contribution in [0.2, 0.25) is 5.02 Å². The summed E-state index contributed by atoms with van der Waals surface area (Å²) in [5.74, 6) is 1.76. The molecule has 5 nitrogen and oxygen atoms in total. The fraction of sp³-hybridized carbons (Fsp3) is 0.429. The van der Waals surface area contributed by atoms with Crippen molar-refractivity contribution in [3.05, 3.63) is 29.0 Å². The number of imidazole rings is 1. The Labute approximate surface area is 123 Å². The average Bonchev–Trinajstić information content (AvgIpc) is 3.19. The molecule has 3 rings (SSSR count). The highest BCUT2D eigenvalue weighted by molar-refractivity contribution is 6.35. The first-order valence-electron chi connectivity index (χ1n) is 6.76. The van der Waals surface area contributed by atoms with Crippen molar-refractivity contribution in [2.45, 2.75) is 25.4 Å². The van der Waals surface area contributed by atoms with E-state index < -0.39 is 0 Å². The monoisotopic (exact) mass is 291 g/mol. The van der Waals surface area contributed by atoms with Gasteiger partial charge in [-0.15, -0.1) is 0 Å². The molecule has 2 N–H and O–H groups in total. The molecule has 1 aliphatic rings. The van der Waals surface area contributed by atoms with E-state index in [0.29, 0.717) is 12.6 Å². The highest BCUT2D eigenvalue weighted by Crippen LogP contribution is 2.23. The second-order valence-corrected chi connectivity index (χ2v) is 5.45. The molecular formula is C14H18ClN5. The third-order valence-electron chi connectivity index (χ3n) is 3.49. The van der Waals surface area contributed by atoms with Crippen LogP contribution in [0.1, 0.15) is 18.7 Å². The topological polar surface area (TPSA) is 54.2 Å². The van der Waals surface area contributed by atoms with Gasteiger partial charge in [0.05, 0.1) is 22.6 Å². The van der Waals surface area contributed by atoms with Gasteiger partial charge in [-0.2, -0.15) is 0 Å². The Kier molecular flexibility index (Phi) is 3.53. The number of aliphatic imine (C=N–C) groups is 1. The van der Waals surface area contributed by atoms with Crippen LogP contribution in [0.15, 0.2) is 23.2 Å². The van der Waals surface area contributed by atoms with Crippen molar-refractivity contribution in [2.75, 3.05) is 7.05 Å². The molecule has 0 spiro atoms. The summed E-state index contributed by atoms with van der Waals surface area (Å²) >= 11 is 6.23. The lowest BCUT2D eigenvalue weighted by molar-refractivity contribution is 0.735. The fourth-order valence-corrected chi connectivity index (χ4v) is 2.50. The lowest BCUT2D eigenvalue weighted by Gasteiger charge is -2.10. The predicted molar refractivity (Wildman–Crippen MR) is 82.1 cm³/mol. The van der Waals surface area contributed by atoms with Crippen LogP contribution >= 0.6 is 11.6 Å². The summed E-state index contributed by atoms with van der Waals surface area (Å²) in [6, 6.07) is 6.36. The number of para-hydroxylation sites is 1. The van der Waals surface area contributed by atoms with Crippen LogP contribution < -0.4 is 10.6 Å². The Hall–Kier alpha value is -1.75. The zero-order valence-electron chi connectivity index (χ0n) is 11.7. The summed E-state index contributed by atoms with van der Waals surface area (Å²) in [7, 11) is 3.76. The highest BCUT2D eigenvalue weighted by Gasteiger charge is 2.22. The third kappa shape index (κ3) is 2.58. The molecule has 6 heteroatoms. The minimum Gasteiger partial charge on any atom is -0.354 e. The van der Waals surface area contributed by atoms with Crippen LogP contribution in [0.5, 0.6) is 0 Å². The van der Waals surface area contributed by atoms with Crippen molar-refractivity contribution in [2.24, 2.45) is 12.0 Å². The summed E-state index contributed by atoms with van der Waals surface area (Å²) < 4.78 is 2.02. The van der Waals surface area contributed by atoms with E-state index in [2.05, 4.69) is 20.6 Å². The van der Waals surface area contributed by atoms with Crippen LogP contribution in [-0.4, -0.2) is 28.6 Å². The Morgan fingerprint density at radius 2 is 2.30 bits per heavy atom. The number of hydrogen-bond acceptors (Lipinski definition) is 2. The number of fused-ring (bicyclic) bond motifs is 1. The minimum absolute atomic E-state index is 0.580. The molecule has 0 bridgehead atoms. The van der Waals surface area contributed by atoms with Crippen LogP contribution in [0.25, 0.3) is 11.0 Å². The van der Waals surface area contributed by atoms with Gasteiger partial charge in [0.2, 0.25) is 0 Å². The predicted octanol–water partition coefficient (Wildman–Crippen LogP) is 2.05. The van der Waals surface area contributed by atoms with Crippen molar-refractivity contribution in [1.82, 2.24) is 20.2 Å².